The Morgan fingerprint density at radius 3 is 1.09 bits per heavy atom. The van der Waals surface area contributed by atoms with Crippen molar-refractivity contribution in [2.24, 2.45) is 0 Å². The van der Waals surface area contributed by atoms with Gasteiger partial charge >= 0.3 is 0 Å². The standard InChI is InChI=1S/C110H87BN2OSi2/c1-109(2,3)85-59-61-97-98-62-60-86(110(4,5)6)72-103(98)112(102(97)71-85)87-73-105-108-107(74-87)114-106-70-83(78-39-19-9-20-40-78)58-64-100(106)111(108)99-63-57-82(69-104(99)113(105)101-56-32-31-55-96(101)79-41-21-10-22-42-79)84-67-94(115(88-45-23-11-24-46-88,89-47-25-12-26-48-89)92-53-33-43-80(65-92)76-35-15-7-16-36-76)75-95(68-84)116(90-49-27-13-28-50-90,91-51-29-14-30-52-91)93-54-34-44-81(66-93)77-37-17-8-18-38-77/h7-75H,1-6H3. The van der Waals surface area contributed by atoms with E-state index in [4.69, 9.17) is 4.74 Å². The molecule has 0 saturated carbocycles. The molecule has 2 aliphatic rings. The number of para-hydroxylation sites is 1. The molecule has 3 heterocycles. The SMILES string of the molecule is CC(C)(C)c1ccc2c3ccc(C(C)(C)C)cc3n(-c3cc4c5c(c3)N(c3ccccc3-c3ccccc3)c3cc(-c6cc([Si](c7ccccc7)(c7ccccc7)c7cccc(-c8ccccc8)c7)cc([Si](c7ccccc7)(c7ccccc7)c7cccc(-c8ccccc8)c7)c6)ccc3B5c3ccc(-c5ccccc5)cc3O4)c2c1. The molecule has 0 fully saturated rings. The number of benzene rings is 17. The largest absolute Gasteiger partial charge is 0.458 e. The van der Waals surface area contributed by atoms with Crippen molar-refractivity contribution in [2.45, 2.75) is 52.4 Å². The minimum absolute atomic E-state index is 0.121. The average molecular weight is 1520 g/mol. The first-order chi connectivity index (χ1) is 56.8. The van der Waals surface area contributed by atoms with Crippen LogP contribution in [-0.2, 0) is 10.8 Å². The van der Waals surface area contributed by atoms with Gasteiger partial charge in [-0.2, -0.15) is 0 Å². The maximum absolute atomic E-state index is 7.75. The summed E-state index contributed by atoms with van der Waals surface area (Å²) in [4.78, 5) is 2.62. The summed E-state index contributed by atoms with van der Waals surface area (Å²) in [7, 11) is -6.96. The summed E-state index contributed by atoms with van der Waals surface area (Å²) in [5.74, 6) is 1.69. The predicted molar refractivity (Wildman–Crippen MR) is 498 cm³/mol. The van der Waals surface area contributed by atoms with Crippen molar-refractivity contribution in [2.75, 3.05) is 4.90 Å². The number of aromatic nitrogens is 1. The van der Waals surface area contributed by atoms with E-state index in [1.165, 1.54) is 91.1 Å². The number of fused-ring (bicyclic) bond motifs is 7. The molecule has 116 heavy (non-hydrogen) atoms. The molecule has 20 rings (SSSR count). The van der Waals surface area contributed by atoms with Crippen molar-refractivity contribution in [1.82, 2.24) is 4.57 Å². The molecule has 0 unspecified atom stereocenters. The molecule has 2 aliphatic heterocycles. The third-order valence-corrected chi connectivity index (χ3v) is 34.1. The number of hydrogen-bond donors (Lipinski definition) is 0. The minimum atomic E-state index is -3.48. The Bertz CT molecular complexity index is 6400. The molecule has 0 saturated heterocycles. The van der Waals surface area contributed by atoms with Gasteiger partial charge in [-0.25, -0.2) is 0 Å². The van der Waals surface area contributed by atoms with Crippen LogP contribution in [0, 0.1) is 0 Å². The maximum Gasteiger partial charge on any atom is 0.256 e. The van der Waals surface area contributed by atoms with Crippen LogP contribution >= 0.6 is 0 Å². The summed E-state index contributed by atoms with van der Waals surface area (Å²) >= 11 is 0. The van der Waals surface area contributed by atoms with E-state index in [2.05, 4.69) is 470 Å². The number of ether oxygens (including phenoxy) is 1. The van der Waals surface area contributed by atoms with Crippen molar-refractivity contribution < 1.29 is 4.74 Å². The highest BCUT2D eigenvalue weighted by Gasteiger charge is 2.48. The zero-order valence-corrected chi connectivity index (χ0v) is 68.2. The highest BCUT2D eigenvalue weighted by Crippen LogP contribution is 2.48. The second kappa shape index (κ2) is 28.9. The number of nitrogens with zero attached hydrogens (tertiary/aromatic N) is 2. The smallest absolute Gasteiger partial charge is 0.256 e. The van der Waals surface area contributed by atoms with Crippen LogP contribution in [-0.4, -0.2) is 27.4 Å². The van der Waals surface area contributed by atoms with Crippen LogP contribution in [0.15, 0.2) is 419 Å². The molecule has 554 valence electrons. The number of hydrogen-bond acceptors (Lipinski definition) is 2. The van der Waals surface area contributed by atoms with E-state index in [1.54, 1.807) is 0 Å². The molecule has 3 nitrogen and oxygen atoms in total. The van der Waals surface area contributed by atoms with E-state index < -0.39 is 16.1 Å². The molecule has 0 atom stereocenters. The average Bonchev–Trinajstić information content (AvgIpc) is 0.896. The van der Waals surface area contributed by atoms with Crippen molar-refractivity contribution in [3.8, 4) is 72.8 Å². The first-order valence-corrected chi connectivity index (χ1v) is 44.7. The third kappa shape index (κ3) is 12.2. The molecule has 0 amide bonds. The summed E-state index contributed by atoms with van der Waals surface area (Å²) in [5, 5.41) is 12.8. The van der Waals surface area contributed by atoms with Gasteiger partial charge in [-0.1, -0.05) is 418 Å². The van der Waals surface area contributed by atoms with Crippen LogP contribution in [0.1, 0.15) is 52.7 Å². The van der Waals surface area contributed by atoms with Crippen molar-refractivity contribution >= 4 is 120 Å². The van der Waals surface area contributed by atoms with Crippen LogP contribution in [0.4, 0.5) is 17.1 Å². The summed E-state index contributed by atoms with van der Waals surface area (Å²) in [6, 6.07) is 160. The van der Waals surface area contributed by atoms with E-state index in [-0.39, 0.29) is 17.5 Å². The minimum Gasteiger partial charge on any atom is -0.458 e. The summed E-state index contributed by atoms with van der Waals surface area (Å²) in [6.07, 6.45) is 0. The van der Waals surface area contributed by atoms with Crippen molar-refractivity contribution in [1.29, 1.82) is 0 Å². The Morgan fingerprint density at radius 2 is 0.629 bits per heavy atom. The summed E-state index contributed by atoms with van der Waals surface area (Å²) < 4.78 is 10.3. The van der Waals surface area contributed by atoms with E-state index >= 15 is 0 Å². The highest BCUT2D eigenvalue weighted by molar-refractivity contribution is 7.22. The fourth-order valence-electron chi connectivity index (χ4n) is 19.0. The maximum atomic E-state index is 7.75. The monoisotopic (exact) mass is 1520 g/mol. The zero-order chi connectivity index (χ0) is 78.3. The molecule has 1 aromatic heterocycles. The number of anilines is 3. The fraction of sp³-hybridized carbons (Fsp3) is 0.0727. The van der Waals surface area contributed by atoms with Gasteiger partial charge in [-0.3, -0.25) is 0 Å². The van der Waals surface area contributed by atoms with Gasteiger partial charge in [0.15, 0.2) is 16.1 Å². The quantitative estimate of drug-likeness (QED) is 0.0752. The summed E-state index contributed by atoms with van der Waals surface area (Å²) in [5.41, 5.74) is 23.8. The molecule has 0 spiro atoms. The van der Waals surface area contributed by atoms with E-state index in [0.717, 1.165) is 89.6 Å². The Hall–Kier alpha value is -13.4. The number of rotatable bonds is 15. The lowest BCUT2D eigenvalue weighted by molar-refractivity contribution is 0.487. The lowest BCUT2D eigenvalue weighted by Gasteiger charge is -2.41. The first-order valence-electron chi connectivity index (χ1n) is 40.7. The normalized spacial score (nSPS) is 12.6. The molecular formula is C110H87BN2OSi2. The molecular weight excluding hydrogens is 1430 g/mol. The molecule has 0 aliphatic carbocycles. The molecule has 0 bridgehead atoms. The topological polar surface area (TPSA) is 17.4 Å². The Morgan fingerprint density at radius 1 is 0.250 bits per heavy atom. The van der Waals surface area contributed by atoms with E-state index in [9.17, 15) is 0 Å². The van der Waals surface area contributed by atoms with Gasteiger partial charge in [-0.15, -0.1) is 0 Å². The van der Waals surface area contributed by atoms with E-state index in [0.29, 0.717) is 0 Å². The molecule has 0 N–H and O–H groups in total. The second-order valence-electron chi connectivity index (χ2n) is 33.5. The fourth-order valence-corrected chi connectivity index (χ4v) is 28.8. The Labute approximate surface area is 683 Å². The molecule has 0 radical (unpaired) electrons. The Balaban J connectivity index is 0.929. The van der Waals surface area contributed by atoms with Gasteiger partial charge in [0.25, 0.3) is 6.71 Å². The Kier molecular flexibility index (Phi) is 17.9. The third-order valence-electron chi connectivity index (χ3n) is 24.6. The first kappa shape index (κ1) is 71.7. The van der Waals surface area contributed by atoms with Gasteiger partial charge < -0.3 is 14.2 Å². The second-order valence-corrected chi connectivity index (χ2v) is 41.1. The van der Waals surface area contributed by atoms with Crippen LogP contribution in [0.25, 0.3) is 83.1 Å². The van der Waals surface area contributed by atoms with Gasteiger partial charge in [-0.05, 0) is 166 Å². The van der Waals surface area contributed by atoms with Crippen molar-refractivity contribution in [3.05, 3.63) is 430 Å². The molecule has 17 aromatic carbocycles. The molecule has 6 heteroatoms. The predicted octanol–water partition coefficient (Wildman–Crippen LogP) is 20.9. The highest BCUT2D eigenvalue weighted by atomic mass is 28.3. The van der Waals surface area contributed by atoms with Gasteiger partial charge in [0.2, 0.25) is 0 Å². The van der Waals surface area contributed by atoms with Gasteiger partial charge in [0.1, 0.15) is 11.5 Å². The zero-order valence-electron chi connectivity index (χ0n) is 66.2. The summed E-state index contributed by atoms with van der Waals surface area (Å²) in [6.45, 7) is 13.7. The van der Waals surface area contributed by atoms with Gasteiger partial charge in [0, 0.05) is 33.8 Å². The lowest BCUT2D eigenvalue weighted by atomic mass is 9.34. The van der Waals surface area contributed by atoms with Crippen LogP contribution in [0.3, 0.4) is 0 Å². The van der Waals surface area contributed by atoms with E-state index in [1.807, 2.05) is 0 Å². The lowest BCUT2D eigenvalue weighted by Crippen LogP contribution is -2.78. The molecule has 18 aromatic rings. The van der Waals surface area contributed by atoms with Crippen LogP contribution < -0.4 is 67.5 Å². The van der Waals surface area contributed by atoms with Crippen molar-refractivity contribution in [3.63, 3.8) is 0 Å². The van der Waals surface area contributed by atoms with Gasteiger partial charge in [0.05, 0.1) is 22.4 Å². The van der Waals surface area contributed by atoms with Crippen LogP contribution in [0.5, 0.6) is 11.5 Å². The van der Waals surface area contributed by atoms with Crippen LogP contribution in [0.2, 0.25) is 0 Å².